The molecule has 1 unspecified atom stereocenters. The van der Waals surface area contributed by atoms with Gasteiger partial charge in [-0.15, -0.1) is 0 Å². The summed E-state index contributed by atoms with van der Waals surface area (Å²) in [7, 11) is 0. The van der Waals surface area contributed by atoms with Crippen molar-refractivity contribution in [2.75, 3.05) is 0 Å². The van der Waals surface area contributed by atoms with E-state index in [1.807, 2.05) is 6.07 Å². The molecule has 0 aliphatic carbocycles. The first-order chi connectivity index (χ1) is 8.56. The van der Waals surface area contributed by atoms with Gasteiger partial charge >= 0.3 is 0 Å². The van der Waals surface area contributed by atoms with E-state index in [4.69, 9.17) is 5.73 Å². The molecule has 1 atom stereocenters. The lowest BCUT2D eigenvalue weighted by molar-refractivity contribution is 0.622. The molecule has 0 bridgehead atoms. The molecule has 18 heavy (non-hydrogen) atoms. The van der Waals surface area contributed by atoms with Crippen LogP contribution in [-0.4, -0.2) is 0 Å². The number of hydrogen-bond donors (Lipinski definition) is 1. The summed E-state index contributed by atoms with van der Waals surface area (Å²) in [5.74, 6) is -0.208. The summed E-state index contributed by atoms with van der Waals surface area (Å²) in [5.41, 5.74) is 10.7. The zero-order valence-corrected chi connectivity index (χ0v) is 10.8. The highest BCUT2D eigenvalue weighted by Gasteiger charge is 2.10. The van der Waals surface area contributed by atoms with Crippen molar-refractivity contribution in [1.29, 1.82) is 0 Å². The van der Waals surface area contributed by atoms with E-state index >= 15 is 0 Å². The SMILES string of the molecule is Cc1ccc(C(N)Cc2cccc(F)c2)c(C)c1. The Morgan fingerprint density at radius 1 is 1.11 bits per heavy atom. The first kappa shape index (κ1) is 12.8. The van der Waals surface area contributed by atoms with Crippen LogP contribution in [0.3, 0.4) is 0 Å². The van der Waals surface area contributed by atoms with E-state index in [1.165, 1.54) is 17.2 Å². The average Bonchev–Trinajstić information content (AvgIpc) is 2.28. The minimum absolute atomic E-state index is 0.0904. The maximum atomic E-state index is 13.1. The van der Waals surface area contributed by atoms with E-state index < -0.39 is 0 Å². The monoisotopic (exact) mass is 243 g/mol. The normalized spacial score (nSPS) is 12.4. The molecular weight excluding hydrogens is 225 g/mol. The van der Waals surface area contributed by atoms with E-state index in [0.717, 1.165) is 11.1 Å². The molecule has 0 aliphatic rings. The standard InChI is InChI=1S/C16H18FN/c1-11-6-7-15(12(2)8-11)16(18)10-13-4-3-5-14(17)9-13/h3-9,16H,10,18H2,1-2H3. The van der Waals surface area contributed by atoms with Crippen LogP contribution in [0, 0.1) is 19.7 Å². The molecule has 0 fully saturated rings. The Balaban J connectivity index is 2.19. The molecule has 2 rings (SSSR count). The zero-order chi connectivity index (χ0) is 13.1. The highest BCUT2D eigenvalue weighted by molar-refractivity contribution is 5.33. The van der Waals surface area contributed by atoms with Crippen molar-refractivity contribution in [2.24, 2.45) is 5.73 Å². The van der Waals surface area contributed by atoms with Gasteiger partial charge in [0.15, 0.2) is 0 Å². The lowest BCUT2D eigenvalue weighted by Gasteiger charge is -2.15. The second kappa shape index (κ2) is 5.32. The van der Waals surface area contributed by atoms with Crippen LogP contribution < -0.4 is 5.73 Å². The maximum absolute atomic E-state index is 13.1. The van der Waals surface area contributed by atoms with Crippen LogP contribution >= 0.6 is 0 Å². The Hall–Kier alpha value is -1.67. The van der Waals surface area contributed by atoms with Crippen LogP contribution in [0.1, 0.15) is 28.3 Å². The van der Waals surface area contributed by atoms with E-state index in [9.17, 15) is 4.39 Å². The van der Waals surface area contributed by atoms with Crippen molar-refractivity contribution in [3.05, 3.63) is 70.5 Å². The Morgan fingerprint density at radius 2 is 1.89 bits per heavy atom. The van der Waals surface area contributed by atoms with E-state index in [2.05, 4.69) is 32.0 Å². The molecular formula is C16H18FN. The van der Waals surface area contributed by atoms with Gasteiger partial charge in [0.05, 0.1) is 0 Å². The second-order valence-electron chi connectivity index (χ2n) is 4.80. The summed E-state index contributed by atoms with van der Waals surface area (Å²) in [6, 6.07) is 12.8. The van der Waals surface area contributed by atoms with Crippen LogP contribution in [-0.2, 0) is 6.42 Å². The maximum Gasteiger partial charge on any atom is 0.123 e. The smallest absolute Gasteiger partial charge is 0.123 e. The number of nitrogens with two attached hydrogens (primary N) is 1. The van der Waals surface area contributed by atoms with Crippen LogP contribution in [0.5, 0.6) is 0 Å². The highest BCUT2D eigenvalue weighted by atomic mass is 19.1. The summed E-state index contributed by atoms with van der Waals surface area (Å²) >= 11 is 0. The summed E-state index contributed by atoms with van der Waals surface area (Å²) in [6.07, 6.45) is 0.654. The third-order valence-electron chi connectivity index (χ3n) is 3.17. The minimum Gasteiger partial charge on any atom is -0.324 e. The van der Waals surface area contributed by atoms with Crippen molar-refractivity contribution in [1.82, 2.24) is 0 Å². The van der Waals surface area contributed by atoms with Crippen molar-refractivity contribution in [3.63, 3.8) is 0 Å². The molecule has 0 heterocycles. The largest absolute Gasteiger partial charge is 0.324 e. The van der Waals surface area contributed by atoms with E-state index in [0.29, 0.717) is 6.42 Å². The molecule has 2 aromatic carbocycles. The van der Waals surface area contributed by atoms with Gasteiger partial charge in [-0.1, -0.05) is 35.9 Å². The molecule has 0 radical (unpaired) electrons. The number of hydrogen-bond acceptors (Lipinski definition) is 1. The molecule has 0 saturated heterocycles. The highest BCUT2D eigenvalue weighted by Crippen LogP contribution is 2.21. The lowest BCUT2D eigenvalue weighted by atomic mass is 9.95. The molecule has 0 aromatic heterocycles. The molecule has 1 nitrogen and oxygen atoms in total. The predicted octanol–water partition coefficient (Wildman–Crippen LogP) is 3.69. The molecule has 2 N–H and O–H groups in total. The Labute approximate surface area is 107 Å². The Kier molecular flexibility index (Phi) is 3.78. The van der Waals surface area contributed by atoms with Crippen molar-refractivity contribution in [2.45, 2.75) is 26.3 Å². The first-order valence-corrected chi connectivity index (χ1v) is 6.13. The number of halogens is 1. The van der Waals surface area contributed by atoms with Crippen molar-refractivity contribution < 1.29 is 4.39 Å². The second-order valence-corrected chi connectivity index (χ2v) is 4.80. The number of benzene rings is 2. The predicted molar refractivity (Wildman–Crippen MR) is 72.9 cm³/mol. The van der Waals surface area contributed by atoms with Gasteiger partial charge in [0.1, 0.15) is 5.82 Å². The van der Waals surface area contributed by atoms with Crippen LogP contribution in [0.2, 0.25) is 0 Å². The number of rotatable bonds is 3. The van der Waals surface area contributed by atoms with Gasteiger partial charge in [-0.2, -0.15) is 0 Å². The van der Waals surface area contributed by atoms with Gasteiger partial charge in [0.25, 0.3) is 0 Å². The fraction of sp³-hybridized carbons (Fsp3) is 0.250. The summed E-state index contributed by atoms with van der Waals surface area (Å²) in [6.45, 7) is 4.13. The molecule has 94 valence electrons. The van der Waals surface area contributed by atoms with Gasteiger partial charge in [-0.25, -0.2) is 4.39 Å². The van der Waals surface area contributed by atoms with Crippen LogP contribution in [0.4, 0.5) is 4.39 Å². The lowest BCUT2D eigenvalue weighted by Crippen LogP contribution is -2.14. The molecule has 0 saturated carbocycles. The van der Waals surface area contributed by atoms with Crippen LogP contribution in [0.15, 0.2) is 42.5 Å². The first-order valence-electron chi connectivity index (χ1n) is 6.13. The summed E-state index contributed by atoms with van der Waals surface area (Å²) in [5, 5.41) is 0. The number of aryl methyl sites for hydroxylation is 2. The van der Waals surface area contributed by atoms with Gasteiger partial charge in [0.2, 0.25) is 0 Å². The molecule has 2 heteroatoms. The fourth-order valence-electron chi connectivity index (χ4n) is 2.27. The molecule has 0 spiro atoms. The molecule has 0 aliphatic heterocycles. The molecule has 0 amide bonds. The molecule has 2 aromatic rings. The van der Waals surface area contributed by atoms with Gasteiger partial charge in [-0.3, -0.25) is 0 Å². The van der Waals surface area contributed by atoms with E-state index in [-0.39, 0.29) is 11.9 Å². The fourth-order valence-corrected chi connectivity index (χ4v) is 2.27. The van der Waals surface area contributed by atoms with Crippen molar-refractivity contribution >= 4 is 0 Å². The van der Waals surface area contributed by atoms with Gasteiger partial charge < -0.3 is 5.73 Å². The minimum atomic E-state index is -0.208. The van der Waals surface area contributed by atoms with Crippen molar-refractivity contribution in [3.8, 4) is 0 Å². The topological polar surface area (TPSA) is 26.0 Å². The third kappa shape index (κ3) is 2.96. The van der Waals surface area contributed by atoms with Gasteiger partial charge in [-0.05, 0) is 49.1 Å². The Morgan fingerprint density at radius 3 is 2.56 bits per heavy atom. The average molecular weight is 243 g/mol. The quantitative estimate of drug-likeness (QED) is 0.874. The van der Waals surface area contributed by atoms with E-state index in [1.54, 1.807) is 12.1 Å². The van der Waals surface area contributed by atoms with Crippen LogP contribution in [0.25, 0.3) is 0 Å². The van der Waals surface area contributed by atoms with Gasteiger partial charge in [0, 0.05) is 6.04 Å². The zero-order valence-electron chi connectivity index (χ0n) is 10.8. The Bertz CT molecular complexity index is 549. The summed E-state index contributed by atoms with van der Waals surface area (Å²) < 4.78 is 13.1. The third-order valence-corrected chi connectivity index (χ3v) is 3.17. The summed E-state index contributed by atoms with van der Waals surface area (Å²) in [4.78, 5) is 0.